The van der Waals surface area contributed by atoms with Crippen molar-refractivity contribution in [1.82, 2.24) is 10.6 Å². The van der Waals surface area contributed by atoms with E-state index in [1.165, 1.54) is 12.1 Å². The highest BCUT2D eigenvalue weighted by Gasteiger charge is 2.31. The molecule has 0 saturated carbocycles. The Hall–Kier alpha value is -3.17. The van der Waals surface area contributed by atoms with Gasteiger partial charge in [0, 0.05) is 6.07 Å². The molecule has 0 aliphatic carbocycles. The van der Waals surface area contributed by atoms with Crippen molar-refractivity contribution in [2.45, 2.75) is 19.3 Å². The zero-order valence-corrected chi connectivity index (χ0v) is 14.4. The maximum Gasteiger partial charge on any atom is 0.573 e. The molecule has 10 heteroatoms. The summed E-state index contributed by atoms with van der Waals surface area (Å²) in [5.74, 6) is -3.81. The van der Waals surface area contributed by atoms with E-state index < -0.39 is 53.7 Å². The standard InChI is InChI=1S/C18H15F5N2O3/c1-10(11-2-5-13(6-3-11)28-18(21,22)23)25-16(26)9-24-17(27)14-7-4-12(19)8-15(14)20/h2-8,10H,9H2,1H3,(H,24,27)(H,25,26). The first-order chi connectivity index (χ1) is 13.0. The fourth-order valence-corrected chi connectivity index (χ4v) is 2.26. The average molecular weight is 402 g/mol. The Kier molecular flexibility index (Phi) is 6.55. The van der Waals surface area contributed by atoms with Crippen molar-refractivity contribution >= 4 is 11.8 Å². The van der Waals surface area contributed by atoms with E-state index in [0.29, 0.717) is 11.6 Å². The molecular formula is C18H15F5N2O3. The van der Waals surface area contributed by atoms with Gasteiger partial charge in [-0.05, 0) is 36.8 Å². The van der Waals surface area contributed by atoms with Crippen molar-refractivity contribution in [2.75, 3.05) is 6.54 Å². The van der Waals surface area contributed by atoms with E-state index in [1.807, 2.05) is 0 Å². The lowest BCUT2D eigenvalue weighted by Gasteiger charge is -2.16. The second kappa shape index (κ2) is 8.68. The van der Waals surface area contributed by atoms with Gasteiger partial charge in [0.2, 0.25) is 5.91 Å². The number of nitrogens with one attached hydrogen (secondary N) is 2. The Morgan fingerprint density at radius 3 is 2.29 bits per heavy atom. The normalized spacial score (nSPS) is 12.2. The number of carbonyl (C=O) groups excluding carboxylic acids is 2. The van der Waals surface area contributed by atoms with E-state index in [-0.39, 0.29) is 0 Å². The molecule has 0 bridgehead atoms. The fourth-order valence-electron chi connectivity index (χ4n) is 2.26. The summed E-state index contributed by atoms with van der Waals surface area (Å²) in [6, 6.07) is 6.72. The third-order valence-corrected chi connectivity index (χ3v) is 3.58. The lowest BCUT2D eigenvalue weighted by atomic mass is 10.1. The van der Waals surface area contributed by atoms with Gasteiger partial charge < -0.3 is 15.4 Å². The van der Waals surface area contributed by atoms with E-state index in [9.17, 15) is 31.5 Å². The molecule has 2 aromatic rings. The zero-order chi connectivity index (χ0) is 20.9. The minimum atomic E-state index is -4.80. The fraction of sp³-hybridized carbons (Fsp3) is 0.222. The molecule has 0 aliphatic rings. The van der Waals surface area contributed by atoms with E-state index >= 15 is 0 Å². The van der Waals surface area contributed by atoms with Gasteiger partial charge in [0.25, 0.3) is 5.91 Å². The number of hydrogen-bond acceptors (Lipinski definition) is 3. The van der Waals surface area contributed by atoms with Gasteiger partial charge in [0.05, 0.1) is 18.2 Å². The van der Waals surface area contributed by atoms with Crippen molar-refractivity contribution in [3.05, 3.63) is 65.2 Å². The van der Waals surface area contributed by atoms with Crippen LogP contribution in [0.5, 0.6) is 5.75 Å². The van der Waals surface area contributed by atoms with Crippen molar-refractivity contribution < 1.29 is 36.3 Å². The van der Waals surface area contributed by atoms with E-state index in [1.54, 1.807) is 6.92 Å². The van der Waals surface area contributed by atoms with Crippen molar-refractivity contribution in [1.29, 1.82) is 0 Å². The molecule has 0 radical (unpaired) electrons. The molecule has 0 saturated heterocycles. The highest BCUT2D eigenvalue weighted by molar-refractivity contribution is 5.96. The maximum absolute atomic E-state index is 13.5. The molecule has 5 nitrogen and oxygen atoms in total. The quantitative estimate of drug-likeness (QED) is 0.728. The highest BCUT2D eigenvalue weighted by atomic mass is 19.4. The largest absolute Gasteiger partial charge is 0.573 e. The molecule has 0 spiro atoms. The third-order valence-electron chi connectivity index (χ3n) is 3.58. The molecule has 2 N–H and O–H groups in total. The first-order valence-electron chi connectivity index (χ1n) is 7.93. The highest BCUT2D eigenvalue weighted by Crippen LogP contribution is 2.24. The minimum absolute atomic E-state index is 0.400. The lowest BCUT2D eigenvalue weighted by molar-refractivity contribution is -0.274. The molecule has 2 amide bonds. The predicted molar refractivity (Wildman–Crippen MR) is 88.4 cm³/mol. The number of benzene rings is 2. The summed E-state index contributed by atoms with van der Waals surface area (Å²) in [5, 5.41) is 4.72. The second-order valence-corrected chi connectivity index (χ2v) is 5.71. The maximum atomic E-state index is 13.5. The van der Waals surface area contributed by atoms with Gasteiger partial charge in [-0.1, -0.05) is 12.1 Å². The van der Waals surface area contributed by atoms with Gasteiger partial charge in [-0.3, -0.25) is 9.59 Å². The minimum Gasteiger partial charge on any atom is -0.406 e. The molecule has 1 atom stereocenters. The van der Waals surface area contributed by atoms with Crippen LogP contribution in [-0.4, -0.2) is 24.7 Å². The van der Waals surface area contributed by atoms with Crippen molar-refractivity contribution in [2.24, 2.45) is 0 Å². The van der Waals surface area contributed by atoms with Gasteiger partial charge in [-0.25, -0.2) is 8.78 Å². The van der Waals surface area contributed by atoms with Gasteiger partial charge in [-0.2, -0.15) is 0 Å². The van der Waals surface area contributed by atoms with E-state index in [2.05, 4.69) is 15.4 Å². The number of alkyl halides is 3. The molecule has 150 valence electrons. The number of hydrogen-bond donors (Lipinski definition) is 2. The number of amides is 2. The van der Waals surface area contributed by atoms with Crippen LogP contribution in [0.4, 0.5) is 22.0 Å². The number of rotatable bonds is 6. The summed E-state index contributed by atoms with van der Waals surface area (Å²) in [7, 11) is 0. The average Bonchev–Trinajstić information content (AvgIpc) is 2.59. The SMILES string of the molecule is CC(NC(=O)CNC(=O)c1ccc(F)cc1F)c1ccc(OC(F)(F)F)cc1. The summed E-state index contributed by atoms with van der Waals surface area (Å²) < 4.78 is 66.5. The molecule has 1 unspecified atom stereocenters. The first-order valence-corrected chi connectivity index (χ1v) is 7.93. The van der Waals surface area contributed by atoms with Crippen LogP contribution >= 0.6 is 0 Å². The summed E-state index contributed by atoms with van der Waals surface area (Å²) in [6.45, 7) is 1.11. The monoisotopic (exact) mass is 402 g/mol. The van der Waals surface area contributed by atoms with E-state index in [4.69, 9.17) is 0 Å². The first kappa shape index (κ1) is 21.1. The number of halogens is 5. The van der Waals surface area contributed by atoms with Crippen LogP contribution in [0.1, 0.15) is 28.9 Å². The van der Waals surface area contributed by atoms with Crippen LogP contribution in [0.25, 0.3) is 0 Å². The van der Waals surface area contributed by atoms with Gasteiger partial charge >= 0.3 is 6.36 Å². The molecule has 28 heavy (non-hydrogen) atoms. The topological polar surface area (TPSA) is 67.4 Å². The molecule has 0 fully saturated rings. The summed E-state index contributed by atoms with van der Waals surface area (Å²) in [6.07, 6.45) is -4.80. The predicted octanol–water partition coefficient (Wildman–Crippen LogP) is 3.47. The van der Waals surface area contributed by atoms with Gasteiger partial charge in [0.15, 0.2) is 0 Å². The molecule has 0 aliphatic heterocycles. The Morgan fingerprint density at radius 2 is 1.71 bits per heavy atom. The summed E-state index contributed by atoms with van der Waals surface area (Å²) in [4.78, 5) is 23.7. The molecule has 0 heterocycles. The van der Waals surface area contributed by atoms with Crippen molar-refractivity contribution in [3.63, 3.8) is 0 Å². The van der Waals surface area contributed by atoms with Gasteiger partial charge in [0.1, 0.15) is 17.4 Å². The molecule has 0 aromatic heterocycles. The second-order valence-electron chi connectivity index (χ2n) is 5.71. The molecular weight excluding hydrogens is 387 g/mol. The Labute approximate surface area is 156 Å². The Bertz CT molecular complexity index is 853. The van der Waals surface area contributed by atoms with Crippen LogP contribution in [0, 0.1) is 11.6 Å². The molecule has 2 aromatic carbocycles. The van der Waals surface area contributed by atoms with E-state index in [0.717, 1.165) is 24.3 Å². The van der Waals surface area contributed by atoms with Crippen LogP contribution < -0.4 is 15.4 Å². The van der Waals surface area contributed by atoms with Crippen molar-refractivity contribution in [3.8, 4) is 5.75 Å². The Balaban J connectivity index is 1.87. The van der Waals surface area contributed by atoms with Crippen LogP contribution in [-0.2, 0) is 4.79 Å². The number of ether oxygens (including phenoxy) is 1. The summed E-state index contributed by atoms with van der Waals surface area (Å²) in [5.41, 5.74) is 0.0845. The van der Waals surface area contributed by atoms with Crippen LogP contribution in [0.2, 0.25) is 0 Å². The van der Waals surface area contributed by atoms with Crippen LogP contribution in [0.15, 0.2) is 42.5 Å². The smallest absolute Gasteiger partial charge is 0.406 e. The zero-order valence-electron chi connectivity index (χ0n) is 14.4. The molecule has 2 rings (SSSR count). The number of carbonyl (C=O) groups is 2. The van der Waals surface area contributed by atoms with Crippen LogP contribution in [0.3, 0.4) is 0 Å². The summed E-state index contributed by atoms with van der Waals surface area (Å²) >= 11 is 0. The lowest BCUT2D eigenvalue weighted by Crippen LogP contribution is -2.38. The Morgan fingerprint density at radius 1 is 1.07 bits per heavy atom. The van der Waals surface area contributed by atoms with Gasteiger partial charge in [-0.15, -0.1) is 13.2 Å². The third kappa shape index (κ3) is 6.22.